The van der Waals surface area contributed by atoms with Crippen LogP contribution in [-0.2, 0) is 11.3 Å². The molecule has 6 nitrogen and oxygen atoms in total. The number of thiocarbonyl (C=S) groups is 1. The second-order valence-corrected chi connectivity index (χ2v) is 9.30. The van der Waals surface area contributed by atoms with Gasteiger partial charge in [-0.15, -0.1) is 0 Å². The third-order valence-corrected chi connectivity index (χ3v) is 7.09. The lowest BCUT2D eigenvalue weighted by Crippen LogP contribution is -2.29. The maximum Gasteiger partial charge on any atom is 0.339 e. The topological polar surface area (TPSA) is 59.4 Å². The van der Waals surface area contributed by atoms with Gasteiger partial charge in [-0.2, -0.15) is 0 Å². The van der Waals surface area contributed by atoms with Gasteiger partial charge >= 0.3 is 5.97 Å². The summed E-state index contributed by atoms with van der Waals surface area (Å²) in [5.41, 5.74) is 6.62. The van der Waals surface area contributed by atoms with Crippen molar-refractivity contribution in [1.82, 2.24) is 19.8 Å². The highest BCUT2D eigenvalue weighted by Gasteiger charge is 2.41. The van der Waals surface area contributed by atoms with Gasteiger partial charge < -0.3 is 19.5 Å². The summed E-state index contributed by atoms with van der Waals surface area (Å²) in [6.45, 7) is 4.82. The average Bonchev–Trinajstić information content (AvgIpc) is 3.39. The van der Waals surface area contributed by atoms with Crippen molar-refractivity contribution >= 4 is 23.3 Å². The minimum absolute atomic E-state index is 0.0853. The number of carbonyl (C=O) groups excluding carboxylic acids is 1. The van der Waals surface area contributed by atoms with Crippen LogP contribution in [0.1, 0.15) is 50.7 Å². The molecule has 1 N–H and O–H groups in total. The Kier molecular flexibility index (Phi) is 6.57. The lowest BCUT2D eigenvalue weighted by Gasteiger charge is -2.28. The van der Waals surface area contributed by atoms with E-state index in [4.69, 9.17) is 17.0 Å². The number of nitrogens with one attached hydrogen (secondary N) is 1. The van der Waals surface area contributed by atoms with Crippen LogP contribution >= 0.6 is 12.2 Å². The SMILES string of the molecule is COC(=O)c1ccccc1-n1c(C)cc([C@@H]2[C@@H](c3ccccn3)NC(=S)N2Cc2ccccc2)c1C. The maximum atomic E-state index is 12.5. The average molecular weight is 497 g/mol. The first-order valence-electron chi connectivity index (χ1n) is 11.9. The van der Waals surface area contributed by atoms with E-state index in [1.807, 2.05) is 60.8 Å². The van der Waals surface area contributed by atoms with Gasteiger partial charge in [0.25, 0.3) is 0 Å². The molecule has 0 saturated carbocycles. The maximum absolute atomic E-state index is 12.5. The van der Waals surface area contributed by atoms with Crippen molar-refractivity contribution in [2.45, 2.75) is 32.5 Å². The molecular formula is C29H28N4O2S. The monoisotopic (exact) mass is 496 g/mol. The quantitative estimate of drug-likeness (QED) is 0.283. The van der Waals surface area contributed by atoms with Gasteiger partial charge in [-0.05, 0) is 67.5 Å². The minimum Gasteiger partial charge on any atom is -0.465 e. The second kappa shape index (κ2) is 9.95. The zero-order chi connectivity index (χ0) is 25.2. The first-order valence-corrected chi connectivity index (χ1v) is 12.3. The summed E-state index contributed by atoms with van der Waals surface area (Å²) in [5.74, 6) is -0.361. The van der Waals surface area contributed by atoms with E-state index in [-0.39, 0.29) is 18.1 Å². The molecule has 3 heterocycles. The van der Waals surface area contributed by atoms with Crippen molar-refractivity contribution in [2.75, 3.05) is 7.11 Å². The summed E-state index contributed by atoms with van der Waals surface area (Å²) in [6, 6.07) is 25.8. The zero-order valence-corrected chi connectivity index (χ0v) is 21.3. The molecule has 1 fully saturated rings. The molecule has 0 amide bonds. The van der Waals surface area contributed by atoms with E-state index in [1.165, 1.54) is 12.7 Å². The molecule has 4 aromatic rings. The van der Waals surface area contributed by atoms with E-state index >= 15 is 0 Å². The normalized spacial score (nSPS) is 17.2. The van der Waals surface area contributed by atoms with E-state index in [1.54, 1.807) is 6.07 Å². The number of methoxy groups -OCH3 is 1. The van der Waals surface area contributed by atoms with Crippen LogP contribution in [0.5, 0.6) is 0 Å². The Hall–Kier alpha value is -3.97. The van der Waals surface area contributed by atoms with Gasteiger partial charge in [-0.3, -0.25) is 4.98 Å². The highest BCUT2D eigenvalue weighted by Crippen LogP contribution is 2.42. The number of hydrogen-bond acceptors (Lipinski definition) is 4. The third kappa shape index (κ3) is 4.27. The van der Waals surface area contributed by atoms with Crippen molar-refractivity contribution in [2.24, 2.45) is 0 Å². The summed E-state index contributed by atoms with van der Waals surface area (Å²) >= 11 is 5.86. The van der Waals surface area contributed by atoms with Crippen LogP contribution in [0.4, 0.5) is 0 Å². The fraction of sp³-hybridized carbons (Fsp3) is 0.207. The Morgan fingerprint density at radius 3 is 2.47 bits per heavy atom. The molecule has 1 saturated heterocycles. The molecule has 0 aliphatic carbocycles. The molecule has 0 radical (unpaired) electrons. The number of benzene rings is 2. The molecule has 1 aliphatic heterocycles. The number of ether oxygens (including phenoxy) is 1. The summed E-state index contributed by atoms with van der Waals surface area (Å²) in [5, 5.41) is 4.23. The van der Waals surface area contributed by atoms with Crippen molar-refractivity contribution in [3.05, 3.63) is 119 Å². The fourth-order valence-corrected chi connectivity index (χ4v) is 5.41. The number of hydrogen-bond donors (Lipinski definition) is 1. The molecule has 0 bridgehead atoms. The van der Waals surface area contributed by atoms with Crippen LogP contribution in [0.25, 0.3) is 5.69 Å². The molecule has 1 aliphatic rings. The Labute approximate surface area is 216 Å². The van der Waals surface area contributed by atoms with Crippen LogP contribution < -0.4 is 5.32 Å². The van der Waals surface area contributed by atoms with Crippen molar-refractivity contribution < 1.29 is 9.53 Å². The van der Waals surface area contributed by atoms with Gasteiger partial charge in [0.1, 0.15) is 0 Å². The van der Waals surface area contributed by atoms with Crippen LogP contribution in [-0.4, -0.2) is 32.6 Å². The lowest BCUT2D eigenvalue weighted by atomic mass is 9.96. The van der Waals surface area contributed by atoms with E-state index in [0.29, 0.717) is 17.2 Å². The first kappa shape index (κ1) is 23.8. The molecule has 0 spiro atoms. The highest BCUT2D eigenvalue weighted by molar-refractivity contribution is 7.80. The molecule has 2 aromatic carbocycles. The number of pyridine rings is 1. The van der Waals surface area contributed by atoms with Crippen molar-refractivity contribution in [3.63, 3.8) is 0 Å². The molecule has 5 rings (SSSR count). The fourth-order valence-electron chi connectivity index (χ4n) is 5.10. The van der Waals surface area contributed by atoms with Crippen LogP contribution in [0.15, 0.2) is 85.1 Å². The molecule has 7 heteroatoms. The lowest BCUT2D eigenvalue weighted by molar-refractivity contribution is 0.0600. The predicted molar refractivity (Wildman–Crippen MR) is 144 cm³/mol. The van der Waals surface area contributed by atoms with E-state index in [9.17, 15) is 4.79 Å². The number of esters is 1. The highest BCUT2D eigenvalue weighted by atomic mass is 32.1. The standard InChI is InChI=1S/C29H28N4O2S/c1-19-17-23(20(2)33(19)25-15-8-7-13-22(25)28(34)35-3)27-26(24-14-9-10-16-30-24)31-29(36)32(27)18-21-11-5-4-6-12-21/h4-17,26-27H,18H2,1-3H3,(H,31,36)/t26-,27-/m1/s1. The first-order chi connectivity index (χ1) is 17.5. The summed E-state index contributed by atoms with van der Waals surface area (Å²) in [6.07, 6.45) is 1.81. The predicted octanol–water partition coefficient (Wildman–Crippen LogP) is 5.45. The van der Waals surface area contributed by atoms with Crippen LogP contribution in [0, 0.1) is 13.8 Å². The Morgan fingerprint density at radius 1 is 1.03 bits per heavy atom. The number of carbonyl (C=O) groups is 1. The minimum atomic E-state index is -0.361. The Bertz CT molecular complexity index is 1400. The third-order valence-electron chi connectivity index (χ3n) is 6.73. The molecule has 2 atom stereocenters. The van der Waals surface area contributed by atoms with Gasteiger partial charge in [-0.1, -0.05) is 48.5 Å². The number of nitrogens with zero attached hydrogens (tertiary/aromatic N) is 3. The van der Waals surface area contributed by atoms with Crippen LogP contribution in [0.2, 0.25) is 0 Å². The van der Waals surface area contributed by atoms with Crippen molar-refractivity contribution in [1.29, 1.82) is 0 Å². The van der Waals surface area contributed by atoms with Gasteiger partial charge in [0.05, 0.1) is 36.1 Å². The summed E-state index contributed by atoms with van der Waals surface area (Å²) in [7, 11) is 1.41. The van der Waals surface area contributed by atoms with Gasteiger partial charge in [0.15, 0.2) is 5.11 Å². The van der Waals surface area contributed by atoms with E-state index < -0.39 is 0 Å². The van der Waals surface area contributed by atoms with Crippen molar-refractivity contribution in [3.8, 4) is 5.69 Å². The van der Waals surface area contributed by atoms with Gasteiger partial charge in [0.2, 0.25) is 0 Å². The van der Waals surface area contributed by atoms with Crippen LogP contribution in [0.3, 0.4) is 0 Å². The van der Waals surface area contributed by atoms with E-state index in [0.717, 1.165) is 28.3 Å². The number of aromatic nitrogens is 2. The summed E-state index contributed by atoms with van der Waals surface area (Å²) < 4.78 is 7.19. The molecule has 182 valence electrons. The molecule has 0 unspecified atom stereocenters. The van der Waals surface area contributed by atoms with E-state index in [2.05, 4.69) is 51.8 Å². The largest absolute Gasteiger partial charge is 0.465 e. The number of aryl methyl sites for hydroxylation is 1. The molecule has 2 aromatic heterocycles. The second-order valence-electron chi connectivity index (χ2n) is 8.91. The molecule has 36 heavy (non-hydrogen) atoms. The Balaban J connectivity index is 1.64. The smallest absolute Gasteiger partial charge is 0.339 e. The number of para-hydroxylation sites is 1. The zero-order valence-electron chi connectivity index (χ0n) is 20.5. The Morgan fingerprint density at radius 2 is 1.75 bits per heavy atom. The van der Waals surface area contributed by atoms with Gasteiger partial charge in [-0.25, -0.2) is 4.79 Å². The summed E-state index contributed by atoms with van der Waals surface area (Å²) in [4.78, 5) is 19.4. The molecular weight excluding hydrogens is 468 g/mol. The number of rotatable bonds is 6. The van der Waals surface area contributed by atoms with Gasteiger partial charge in [0, 0.05) is 24.1 Å².